The fraction of sp³-hybridized carbons (Fsp3) is 0.727. The van der Waals surface area contributed by atoms with E-state index in [-0.39, 0.29) is 12.5 Å². The molecule has 0 aliphatic carbocycles. The summed E-state index contributed by atoms with van der Waals surface area (Å²) in [5.74, 6) is -1.71. The third-order valence-corrected chi connectivity index (χ3v) is 3.21. The van der Waals surface area contributed by atoms with Gasteiger partial charge in [-0.1, -0.05) is 0 Å². The van der Waals surface area contributed by atoms with Crippen molar-refractivity contribution in [2.75, 3.05) is 13.1 Å². The fourth-order valence-electron chi connectivity index (χ4n) is 2.04. The number of nitrogens with one attached hydrogen (secondary N) is 2. The van der Waals surface area contributed by atoms with Crippen LogP contribution in [0.2, 0.25) is 0 Å². The first-order valence-corrected chi connectivity index (χ1v) is 5.90. The van der Waals surface area contributed by atoms with E-state index in [4.69, 9.17) is 0 Å². The third-order valence-electron chi connectivity index (χ3n) is 3.21. The minimum atomic E-state index is -1.01. The fourth-order valence-corrected chi connectivity index (χ4v) is 2.04. The molecule has 0 saturated carbocycles. The summed E-state index contributed by atoms with van der Waals surface area (Å²) in [6.07, 6.45) is 2.23. The molecule has 7 heteroatoms. The van der Waals surface area contributed by atoms with E-state index in [2.05, 4.69) is 10.9 Å². The summed E-state index contributed by atoms with van der Waals surface area (Å²) in [5.41, 5.74) is 3.40. The molecule has 1 aliphatic rings. The minimum absolute atomic E-state index is 0.0386. The summed E-state index contributed by atoms with van der Waals surface area (Å²) in [6, 6.07) is 0. The molecule has 1 fully saturated rings. The van der Waals surface area contributed by atoms with Gasteiger partial charge in [0.05, 0.1) is 6.54 Å². The summed E-state index contributed by atoms with van der Waals surface area (Å²) in [6.45, 7) is 3.43. The molecule has 1 heterocycles. The van der Waals surface area contributed by atoms with Gasteiger partial charge in [-0.2, -0.15) is 0 Å². The van der Waals surface area contributed by atoms with E-state index in [1.807, 2.05) is 0 Å². The lowest BCUT2D eigenvalue weighted by molar-refractivity contribution is -0.154. The second kappa shape index (κ2) is 5.81. The second-order valence-corrected chi connectivity index (χ2v) is 4.69. The maximum atomic E-state index is 11.6. The van der Waals surface area contributed by atoms with E-state index >= 15 is 0 Å². The molecule has 3 N–H and O–H groups in total. The number of nitrogens with zero attached hydrogens (tertiary/aromatic N) is 1. The highest BCUT2D eigenvalue weighted by Crippen LogP contribution is 2.27. The average Bonchev–Trinajstić information content (AvgIpc) is 2.29. The first-order valence-electron chi connectivity index (χ1n) is 5.90. The number of rotatable bonds is 3. The zero-order valence-electron chi connectivity index (χ0n) is 10.7. The number of carbonyl (C=O) groups excluding carboxylic acids is 2. The van der Waals surface area contributed by atoms with Gasteiger partial charge in [0, 0.05) is 6.92 Å². The molecule has 0 bridgehead atoms. The Bertz CT molecular complexity index is 358. The molecular formula is C11H19N3O4. The molecule has 18 heavy (non-hydrogen) atoms. The number of aliphatic carboxylic acids is 1. The topological polar surface area (TPSA) is 98.7 Å². The van der Waals surface area contributed by atoms with Gasteiger partial charge >= 0.3 is 5.97 Å². The number of hydrogen-bond acceptors (Lipinski definition) is 4. The first kappa shape index (κ1) is 14.4. The molecule has 102 valence electrons. The molecule has 1 atom stereocenters. The van der Waals surface area contributed by atoms with Crippen LogP contribution in [0.5, 0.6) is 0 Å². The Labute approximate surface area is 105 Å². The Morgan fingerprint density at radius 1 is 1.28 bits per heavy atom. The van der Waals surface area contributed by atoms with Gasteiger partial charge in [-0.05, 0) is 32.7 Å². The van der Waals surface area contributed by atoms with Crippen LogP contribution < -0.4 is 10.9 Å². The largest absolute Gasteiger partial charge is 0.480 e. The Kier molecular flexibility index (Phi) is 4.66. The van der Waals surface area contributed by atoms with Crippen LogP contribution >= 0.6 is 0 Å². The van der Waals surface area contributed by atoms with E-state index in [0.29, 0.717) is 13.0 Å². The molecule has 0 aromatic rings. The summed E-state index contributed by atoms with van der Waals surface area (Å²) in [5, 5.41) is 9.26. The minimum Gasteiger partial charge on any atom is -0.480 e. The highest BCUT2D eigenvalue weighted by molar-refractivity contribution is 5.84. The quantitative estimate of drug-likeness (QED) is 0.591. The molecule has 1 rings (SSSR count). The van der Waals surface area contributed by atoms with E-state index in [0.717, 1.165) is 12.8 Å². The third kappa shape index (κ3) is 3.43. The van der Waals surface area contributed by atoms with Gasteiger partial charge in [-0.3, -0.25) is 30.1 Å². The van der Waals surface area contributed by atoms with Crippen LogP contribution in [-0.2, 0) is 14.4 Å². The Morgan fingerprint density at radius 2 is 1.94 bits per heavy atom. The monoisotopic (exact) mass is 257 g/mol. The lowest BCUT2D eigenvalue weighted by Crippen LogP contribution is -2.58. The van der Waals surface area contributed by atoms with Gasteiger partial charge in [-0.25, -0.2) is 0 Å². The Balaban J connectivity index is 2.60. The van der Waals surface area contributed by atoms with Crippen molar-refractivity contribution in [3.8, 4) is 0 Å². The van der Waals surface area contributed by atoms with Crippen molar-refractivity contribution in [1.82, 2.24) is 15.8 Å². The van der Waals surface area contributed by atoms with Crippen LogP contribution in [0.25, 0.3) is 0 Å². The maximum Gasteiger partial charge on any atom is 0.323 e. The van der Waals surface area contributed by atoms with E-state index in [9.17, 15) is 19.5 Å². The Hall–Kier alpha value is -1.63. The van der Waals surface area contributed by atoms with Gasteiger partial charge in [0.1, 0.15) is 5.54 Å². The van der Waals surface area contributed by atoms with E-state index < -0.39 is 17.4 Å². The van der Waals surface area contributed by atoms with E-state index in [1.165, 1.54) is 6.92 Å². The van der Waals surface area contributed by atoms with Crippen LogP contribution in [0, 0.1) is 0 Å². The summed E-state index contributed by atoms with van der Waals surface area (Å²) in [4.78, 5) is 35.1. The number of amides is 2. The van der Waals surface area contributed by atoms with Crippen molar-refractivity contribution in [3.63, 3.8) is 0 Å². The lowest BCUT2D eigenvalue weighted by Gasteiger charge is -2.41. The number of hydrogen-bond donors (Lipinski definition) is 3. The van der Waals surface area contributed by atoms with Crippen LogP contribution in [-0.4, -0.2) is 46.4 Å². The summed E-state index contributed by atoms with van der Waals surface area (Å²) in [7, 11) is 0. The maximum absolute atomic E-state index is 11.6. The van der Waals surface area contributed by atoms with Crippen molar-refractivity contribution in [1.29, 1.82) is 0 Å². The van der Waals surface area contributed by atoms with Crippen molar-refractivity contribution in [3.05, 3.63) is 0 Å². The number of likely N-dealkylation sites (tertiary alicyclic amines) is 1. The average molecular weight is 257 g/mol. The Morgan fingerprint density at radius 3 is 2.50 bits per heavy atom. The molecule has 0 aromatic carbocycles. The second-order valence-electron chi connectivity index (χ2n) is 4.69. The van der Waals surface area contributed by atoms with Crippen LogP contribution in [0.1, 0.15) is 33.1 Å². The SMILES string of the molecule is CC(=O)NNC(=O)CN1CCCCC1(C)C(=O)O. The molecule has 2 amide bonds. The number of carboxylic acid groups (broad SMARTS) is 1. The number of hydrazine groups is 1. The lowest BCUT2D eigenvalue weighted by atomic mass is 9.88. The first-order chi connectivity index (χ1) is 8.36. The zero-order valence-corrected chi connectivity index (χ0v) is 10.7. The molecule has 1 unspecified atom stereocenters. The van der Waals surface area contributed by atoms with Crippen LogP contribution in [0.3, 0.4) is 0 Å². The molecule has 7 nitrogen and oxygen atoms in total. The standard InChI is InChI=1S/C11H19N3O4/c1-8(15)12-13-9(16)7-14-6-4-3-5-11(14,2)10(17)18/h3-7H2,1-2H3,(H,12,15)(H,13,16)(H,17,18). The number of carboxylic acids is 1. The van der Waals surface area contributed by atoms with Gasteiger partial charge < -0.3 is 5.11 Å². The summed E-state index contributed by atoms with van der Waals surface area (Å²) >= 11 is 0. The van der Waals surface area contributed by atoms with Crippen molar-refractivity contribution < 1.29 is 19.5 Å². The van der Waals surface area contributed by atoms with Crippen molar-refractivity contribution in [2.24, 2.45) is 0 Å². The molecule has 0 spiro atoms. The zero-order chi connectivity index (χ0) is 13.8. The van der Waals surface area contributed by atoms with Gasteiger partial charge in [0.25, 0.3) is 5.91 Å². The number of piperidine rings is 1. The van der Waals surface area contributed by atoms with Gasteiger partial charge in [-0.15, -0.1) is 0 Å². The highest BCUT2D eigenvalue weighted by atomic mass is 16.4. The van der Waals surface area contributed by atoms with Crippen molar-refractivity contribution in [2.45, 2.75) is 38.6 Å². The predicted octanol–water partition coefficient (Wildman–Crippen LogP) is -0.517. The predicted molar refractivity (Wildman–Crippen MR) is 63.4 cm³/mol. The van der Waals surface area contributed by atoms with Gasteiger partial charge in [0.15, 0.2) is 0 Å². The van der Waals surface area contributed by atoms with E-state index in [1.54, 1.807) is 11.8 Å². The molecule has 1 aliphatic heterocycles. The van der Waals surface area contributed by atoms with Gasteiger partial charge in [0.2, 0.25) is 5.91 Å². The molecular weight excluding hydrogens is 238 g/mol. The smallest absolute Gasteiger partial charge is 0.323 e. The summed E-state index contributed by atoms with van der Waals surface area (Å²) < 4.78 is 0. The van der Waals surface area contributed by atoms with Crippen molar-refractivity contribution >= 4 is 17.8 Å². The molecule has 0 aromatic heterocycles. The highest BCUT2D eigenvalue weighted by Gasteiger charge is 2.41. The van der Waals surface area contributed by atoms with Crippen LogP contribution in [0.15, 0.2) is 0 Å². The molecule has 0 radical (unpaired) electrons. The number of carbonyl (C=O) groups is 3. The normalized spacial score (nSPS) is 24.3. The molecule has 1 saturated heterocycles. The van der Waals surface area contributed by atoms with Crippen LogP contribution in [0.4, 0.5) is 0 Å².